The zero-order valence-corrected chi connectivity index (χ0v) is 9.01. The van der Waals surface area contributed by atoms with E-state index in [2.05, 4.69) is 19.2 Å². The molecule has 0 amide bonds. The second kappa shape index (κ2) is 3.54. The van der Waals surface area contributed by atoms with Gasteiger partial charge in [-0.2, -0.15) is 0 Å². The van der Waals surface area contributed by atoms with Crippen molar-refractivity contribution in [3.05, 3.63) is 0 Å². The van der Waals surface area contributed by atoms with Crippen LogP contribution in [0, 0.1) is 5.92 Å². The topological polar surface area (TPSA) is 38.3 Å². The van der Waals surface area contributed by atoms with Crippen LogP contribution in [-0.4, -0.2) is 17.7 Å². The van der Waals surface area contributed by atoms with E-state index in [0.717, 1.165) is 19.3 Å². The molecule has 1 N–H and O–H groups in total. The summed E-state index contributed by atoms with van der Waals surface area (Å²) in [4.78, 5) is 11.6. The molecule has 14 heavy (non-hydrogen) atoms. The lowest BCUT2D eigenvalue weighted by molar-refractivity contribution is -0.149. The van der Waals surface area contributed by atoms with Crippen molar-refractivity contribution in [1.82, 2.24) is 5.32 Å². The van der Waals surface area contributed by atoms with E-state index in [1.54, 1.807) is 0 Å². The van der Waals surface area contributed by atoms with E-state index in [1.807, 2.05) is 0 Å². The van der Waals surface area contributed by atoms with Gasteiger partial charge >= 0.3 is 5.97 Å². The van der Waals surface area contributed by atoms with Crippen LogP contribution in [0.5, 0.6) is 0 Å². The fraction of sp³-hybridized carbons (Fsp3) is 0.909. The Bertz CT molecular complexity index is 231. The van der Waals surface area contributed by atoms with E-state index in [9.17, 15) is 4.79 Å². The van der Waals surface area contributed by atoms with E-state index in [1.165, 1.54) is 12.8 Å². The molecule has 2 fully saturated rings. The highest BCUT2D eigenvalue weighted by Crippen LogP contribution is 2.35. The van der Waals surface area contributed by atoms with Crippen molar-refractivity contribution >= 4 is 5.97 Å². The smallest absolute Gasteiger partial charge is 0.325 e. The van der Waals surface area contributed by atoms with Crippen LogP contribution in [0.2, 0.25) is 0 Å². The van der Waals surface area contributed by atoms with Crippen molar-refractivity contribution in [2.24, 2.45) is 5.92 Å². The Morgan fingerprint density at radius 2 is 2.14 bits per heavy atom. The minimum absolute atomic E-state index is 0.0411. The third kappa shape index (κ3) is 1.78. The van der Waals surface area contributed by atoms with Crippen LogP contribution in [0.4, 0.5) is 0 Å². The fourth-order valence-corrected chi connectivity index (χ4v) is 2.49. The summed E-state index contributed by atoms with van der Waals surface area (Å²) in [5, 5.41) is 3.38. The van der Waals surface area contributed by atoms with Crippen LogP contribution in [0.25, 0.3) is 0 Å². The van der Waals surface area contributed by atoms with Gasteiger partial charge in [0, 0.05) is 12.8 Å². The Morgan fingerprint density at radius 3 is 2.71 bits per heavy atom. The Labute approximate surface area is 85.2 Å². The van der Waals surface area contributed by atoms with Gasteiger partial charge in [-0.05, 0) is 25.2 Å². The highest BCUT2D eigenvalue weighted by molar-refractivity contribution is 5.78. The van der Waals surface area contributed by atoms with E-state index < -0.39 is 0 Å². The molecule has 80 valence electrons. The lowest BCUT2D eigenvalue weighted by Gasteiger charge is -2.21. The van der Waals surface area contributed by atoms with Crippen LogP contribution < -0.4 is 5.32 Å². The quantitative estimate of drug-likeness (QED) is 0.686. The highest BCUT2D eigenvalue weighted by Gasteiger charge is 2.47. The summed E-state index contributed by atoms with van der Waals surface area (Å²) in [5.41, 5.74) is -0.281. The molecular formula is C11H19NO2. The zero-order chi connectivity index (χ0) is 10.2. The predicted molar refractivity (Wildman–Crippen MR) is 53.7 cm³/mol. The Hall–Kier alpha value is -0.570. The number of nitrogens with one attached hydrogen (secondary N) is 1. The van der Waals surface area contributed by atoms with Crippen LogP contribution in [0.1, 0.15) is 46.0 Å². The number of carbonyl (C=O) groups is 1. The summed E-state index contributed by atoms with van der Waals surface area (Å²) >= 11 is 0. The van der Waals surface area contributed by atoms with Crippen molar-refractivity contribution in [1.29, 1.82) is 0 Å². The van der Waals surface area contributed by atoms with Gasteiger partial charge in [0.1, 0.15) is 6.04 Å². The molecule has 0 aromatic heterocycles. The van der Waals surface area contributed by atoms with Crippen molar-refractivity contribution < 1.29 is 9.53 Å². The first-order valence-corrected chi connectivity index (χ1v) is 5.62. The van der Waals surface area contributed by atoms with Gasteiger partial charge in [-0.25, -0.2) is 0 Å². The number of hydrogen-bond donors (Lipinski definition) is 1. The molecule has 2 aliphatic rings. The molecular weight excluding hydrogens is 178 g/mol. The average Bonchev–Trinajstić information content (AvgIpc) is 2.61. The van der Waals surface area contributed by atoms with Crippen LogP contribution >= 0.6 is 0 Å². The molecule has 0 aromatic carbocycles. The molecule has 1 saturated heterocycles. The molecule has 1 aliphatic carbocycles. The SMILES string of the molecule is CC(C)CC1NC2(CCCC2)OC1=O. The number of ether oxygens (including phenoxy) is 1. The second-order valence-electron chi connectivity index (χ2n) is 4.95. The van der Waals surface area contributed by atoms with E-state index in [4.69, 9.17) is 4.74 Å². The lowest BCUT2D eigenvalue weighted by Crippen LogP contribution is -2.42. The minimum atomic E-state index is -0.281. The Balaban J connectivity index is 1.99. The maximum absolute atomic E-state index is 11.6. The van der Waals surface area contributed by atoms with Gasteiger partial charge in [-0.1, -0.05) is 13.8 Å². The van der Waals surface area contributed by atoms with Crippen LogP contribution in [-0.2, 0) is 9.53 Å². The van der Waals surface area contributed by atoms with E-state index in [0.29, 0.717) is 5.92 Å². The predicted octanol–water partition coefficient (Wildman–Crippen LogP) is 1.82. The van der Waals surface area contributed by atoms with Crippen LogP contribution in [0.15, 0.2) is 0 Å². The minimum Gasteiger partial charge on any atom is -0.443 e. The lowest BCUT2D eigenvalue weighted by atomic mass is 10.0. The number of hydrogen-bond acceptors (Lipinski definition) is 3. The molecule has 0 bridgehead atoms. The van der Waals surface area contributed by atoms with Crippen molar-refractivity contribution in [2.45, 2.75) is 57.7 Å². The van der Waals surface area contributed by atoms with Gasteiger partial charge in [-0.15, -0.1) is 0 Å². The first-order chi connectivity index (χ1) is 6.61. The molecule has 0 aromatic rings. The monoisotopic (exact) mass is 197 g/mol. The maximum Gasteiger partial charge on any atom is 0.325 e. The Morgan fingerprint density at radius 1 is 1.50 bits per heavy atom. The summed E-state index contributed by atoms with van der Waals surface area (Å²) in [6.45, 7) is 4.27. The van der Waals surface area contributed by atoms with Gasteiger partial charge < -0.3 is 4.74 Å². The van der Waals surface area contributed by atoms with Crippen molar-refractivity contribution in [3.8, 4) is 0 Å². The molecule has 1 spiro atoms. The standard InChI is InChI=1S/C11H19NO2/c1-8(2)7-9-10(13)14-11(12-9)5-3-4-6-11/h8-9,12H,3-7H2,1-2H3. The van der Waals surface area contributed by atoms with Gasteiger partial charge in [-0.3, -0.25) is 10.1 Å². The molecule has 0 radical (unpaired) electrons. The summed E-state index contributed by atoms with van der Waals surface area (Å²) in [7, 11) is 0. The summed E-state index contributed by atoms with van der Waals surface area (Å²) < 4.78 is 5.47. The highest BCUT2D eigenvalue weighted by atomic mass is 16.6. The molecule has 3 heteroatoms. The summed E-state index contributed by atoms with van der Waals surface area (Å²) in [6.07, 6.45) is 5.23. The Kier molecular flexibility index (Phi) is 2.52. The number of rotatable bonds is 2. The largest absolute Gasteiger partial charge is 0.443 e. The van der Waals surface area contributed by atoms with Gasteiger partial charge in [0.05, 0.1) is 0 Å². The van der Waals surface area contributed by atoms with Gasteiger partial charge in [0.2, 0.25) is 0 Å². The van der Waals surface area contributed by atoms with Crippen LogP contribution in [0.3, 0.4) is 0 Å². The normalized spacial score (nSPS) is 30.2. The third-order valence-electron chi connectivity index (χ3n) is 3.14. The van der Waals surface area contributed by atoms with Gasteiger partial charge in [0.25, 0.3) is 0 Å². The number of carbonyl (C=O) groups excluding carboxylic acids is 1. The molecule has 1 aliphatic heterocycles. The fourth-order valence-electron chi connectivity index (χ4n) is 2.49. The average molecular weight is 197 g/mol. The molecule has 3 nitrogen and oxygen atoms in total. The van der Waals surface area contributed by atoms with E-state index in [-0.39, 0.29) is 17.7 Å². The third-order valence-corrected chi connectivity index (χ3v) is 3.14. The number of esters is 1. The molecule has 1 saturated carbocycles. The van der Waals surface area contributed by atoms with Gasteiger partial charge in [0.15, 0.2) is 5.72 Å². The molecule has 1 unspecified atom stereocenters. The second-order valence-corrected chi connectivity index (χ2v) is 4.95. The first kappa shape index (κ1) is 9.97. The zero-order valence-electron chi connectivity index (χ0n) is 9.01. The molecule has 1 heterocycles. The molecule has 2 rings (SSSR count). The summed E-state index contributed by atoms with van der Waals surface area (Å²) in [5.74, 6) is 0.497. The maximum atomic E-state index is 11.6. The van der Waals surface area contributed by atoms with Crippen molar-refractivity contribution in [3.63, 3.8) is 0 Å². The van der Waals surface area contributed by atoms with E-state index >= 15 is 0 Å². The van der Waals surface area contributed by atoms with Crippen molar-refractivity contribution in [2.75, 3.05) is 0 Å². The first-order valence-electron chi connectivity index (χ1n) is 5.62. The molecule has 1 atom stereocenters. The summed E-state index contributed by atoms with van der Waals surface area (Å²) in [6, 6.07) is -0.0619.